The summed E-state index contributed by atoms with van der Waals surface area (Å²) in [7, 11) is 0. The fraction of sp³-hybridized carbons (Fsp3) is 0.923. The number of hydrogen-bond acceptors (Lipinski definition) is 1. The standard InChI is InChI=1S/C13H24O/c1-4-6-10(3)13(14)12-8-7-11(5-2)9-12/h10-12H,4-9H2,1-3H3. The summed E-state index contributed by atoms with van der Waals surface area (Å²) >= 11 is 0. The summed E-state index contributed by atoms with van der Waals surface area (Å²) in [6.07, 6.45) is 7.08. The quantitative estimate of drug-likeness (QED) is 0.653. The van der Waals surface area contributed by atoms with Crippen LogP contribution in [0.4, 0.5) is 0 Å². The van der Waals surface area contributed by atoms with Crippen LogP contribution in [0.3, 0.4) is 0 Å². The number of hydrogen-bond donors (Lipinski definition) is 0. The molecule has 14 heavy (non-hydrogen) atoms. The van der Waals surface area contributed by atoms with E-state index in [9.17, 15) is 4.79 Å². The van der Waals surface area contributed by atoms with Gasteiger partial charge in [-0.2, -0.15) is 0 Å². The molecular weight excluding hydrogens is 172 g/mol. The Hall–Kier alpha value is -0.330. The van der Waals surface area contributed by atoms with Crippen molar-refractivity contribution in [1.29, 1.82) is 0 Å². The van der Waals surface area contributed by atoms with Gasteiger partial charge in [0, 0.05) is 11.8 Å². The fourth-order valence-corrected chi connectivity index (χ4v) is 2.68. The number of ketones is 1. The van der Waals surface area contributed by atoms with Gasteiger partial charge in [-0.25, -0.2) is 0 Å². The first-order valence-electron chi connectivity index (χ1n) is 6.22. The minimum atomic E-state index is 0.306. The molecule has 0 aromatic heterocycles. The molecule has 0 radical (unpaired) electrons. The Bertz CT molecular complexity index is 186. The van der Waals surface area contributed by atoms with E-state index in [1.807, 2.05) is 0 Å². The normalized spacial score (nSPS) is 29.1. The van der Waals surface area contributed by atoms with Crippen LogP contribution in [0, 0.1) is 17.8 Å². The second kappa shape index (κ2) is 5.53. The van der Waals surface area contributed by atoms with Gasteiger partial charge in [-0.05, 0) is 31.6 Å². The van der Waals surface area contributed by atoms with Gasteiger partial charge in [0.2, 0.25) is 0 Å². The number of rotatable bonds is 5. The molecule has 1 aliphatic rings. The smallest absolute Gasteiger partial charge is 0.138 e. The van der Waals surface area contributed by atoms with Crippen molar-refractivity contribution in [1.82, 2.24) is 0 Å². The van der Waals surface area contributed by atoms with Crippen molar-refractivity contribution < 1.29 is 4.79 Å². The molecule has 0 amide bonds. The van der Waals surface area contributed by atoms with Crippen LogP contribution < -0.4 is 0 Å². The van der Waals surface area contributed by atoms with Crippen LogP contribution in [0.5, 0.6) is 0 Å². The van der Waals surface area contributed by atoms with Gasteiger partial charge in [-0.3, -0.25) is 4.79 Å². The zero-order chi connectivity index (χ0) is 10.6. The minimum absolute atomic E-state index is 0.306. The Balaban J connectivity index is 2.38. The fourth-order valence-electron chi connectivity index (χ4n) is 2.68. The molecule has 0 aliphatic heterocycles. The maximum atomic E-state index is 12.0. The van der Waals surface area contributed by atoms with E-state index in [4.69, 9.17) is 0 Å². The third-order valence-corrected chi connectivity index (χ3v) is 3.73. The van der Waals surface area contributed by atoms with Crippen molar-refractivity contribution in [2.75, 3.05) is 0 Å². The van der Waals surface area contributed by atoms with Crippen LogP contribution in [0.15, 0.2) is 0 Å². The Morgan fingerprint density at radius 1 is 1.36 bits per heavy atom. The lowest BCUT2D eigenvalue weighted by Crippen LogP contribution is -2.19. The molecule has 0 saturated heterocycles. The summed E-state index contributed by atoms with van der Waals surface area (Å²) in [5, 5.41) is 0. The highest BCUT2D eigenvalue weighted by molar-refractivity contribution is 5.83. The number of Topliss-reactive ketones (excluding diaryl/α,β-unsaturated/α-hetero) is 1. The lowest BCUT2D eigenvalue weighted by molar-refractivity contribution is -0.126. The van der Waals surface area contributed by atoms with Crippen molar-refractivity contribution >= 4 is 5.78 Å². The summed E-state index contributed by atoms with van der Waals surface area (Å²) in [5.41, 5.74) is 0. The summed E-state index contributed by atoms with van der Waals surface area (Å²) < 4.78 is 0. The Morgan fingerprint density at radius 2 is 2.07 bits per heavy atom. The maximum absolute atomic E-state index is 12.0. The third kappa shape index (κ3) is 2.83. The van der Waals surface area contributed by atoms with Crippen LogP contribution in [-0.2, 0) is 4.79 Å². The molecule has 0 aromatic carbocycles. The van der Waals surface area contributed by atoms with E-state index in [1.54, 1.807) is 0 Å². The van der Waals surface area contributed by atoms with Crippen molar-refractivity contribution in [3.63, 3.8) is 0 Å². The highest BCUT2D eigenvalue weighted by Crippen LogP contribution is 2.35. The molecule has 0 N–H and O–H groups in total. The van der Waals surface area contributed by atoms with Gasteiger partial charge in [0.05, 0.1) is 0 Å². The van der Waals surface area contributed by atoms with Crippen molar-refractivity contribution in [2.45, 2.75) is 59.3 Å². The molecule has 1 aliphatic carbocycles. The number of carbonyl (C=O) groups is 1. The van der Waals surface area contributed by atoms with E-state index in [0.29, 0.717) is 17.6 Å². The van der Waals surface area contributed by atoms with Gasteiger partial charge in [-0.1, -0.05) is 33.6 Å². The Labute approximate surface area is 88.3 Å². The monoisotopic (exact) mass is 196 g/mol. The molecule has 0 spiro atoms. The molecule has 0 heterocycles. The van der Waals surface area contributed by atoms with E-state index in [0.717, 1.165) is 25.2 Å². The van der Waals surface area contributed by atoms with E-state index in [-0.39, 0.29) is 0 Å². The molecule has 1 rings (SSSR count). The highest BCUT2D eigenvalue weighted by atomic mass is 16.1. The van der Waals surface area contributed by atoms with Crippen LogP contribution in [0.2, 0.25) is 0 Å². The SMILES string of the molecule is CCCC(C)C(=O)C1CCC(CC)C1. The average molecular weight is 196 g/mol. The van der Waals surface area contributed by atoms with Gasteiger partial charge in [0.1, 0.15) is 5.78 Å². The second-order valence-corrected chi connectivity index (χ2v) is 4.88. The van der Waals surface area contributed by atoms with Crippen molar-refractivity contribution in [2.24, 2.45) is 17.8 Å². The topological polar surface area (TPSA) is 17.1 Å². The average Bonchev–Trinajstić information content (AvgIpc) is 2.65. The van der Waals surface area contributed by atoms with Crippen LogP contribution >= 0.6 is 0 Å². The largest absolute Gasteiger partial charge is 0.299 e. The predicted molar refractivity (Wildman–Crippen MR) is 60.2 cm³/mol. The minimum Gasteiger partial charge on any atom is -0.299 e. The highest BCUT2D eigenvalue weighted by Gasteiger charge is 2.30. The summed E-state index contributed by atoms with van der Waals surface area (Å²) in [5.74, 6) is 2.09. The van der Waals surface area contributed by atoms with E-state index >= 15 is 0 Å². The van der Waals surface area contributed by atoms with Gasteiger partial charge in [-0.15, -0.1) is 0 Å². The van der Waals surface area contributed by atoms with Gasteiger partial charge < -0.3 is 0 Å². The first-order chi connectivity index (χ1) is 6.69. The Kier molecular flexibility index (Phi) is 4.64. The molecule has 0 bridgehead atoms. The first kappa shape index (κ1) is 11.7. The summed E-state index contributed by atoms with van der Waals surface area (Å²) in [4.78, 5) is 12.0. The first-order valence-corrected chi connectivity index (χ1v) is 6.22. The summed E-state index contributed by atoms with van der Waals surface area (Å²) in [6.45, 7) is 6.51. The molecule has 0 aromatic rings. The maximum Gasteiger partial charge on any atom is 0.138 e. The van der Waals surface area contributed by atoms with Gasteiger partial charge >= 0.3 is 0 Å². The van der Waals surface area contributed by atoms with Crippen molar-refractivity contribution in [3.8, 4) is 0 Å². The lowest BCUT2D eigenvalue weighted by atomic mass is 9.89. The van der Waals surface area contributed by atoms with Crippen molar-refractivity contribution in [3.05, 3.63) is 0 Å². The molecule has 1 heteroatoms. The molecule has 3 atom stereocenters. The van der Waals surface area contributed by atoms with Crippen LogP contribution in [0.1, 0.15) is 59.3 Å². The zero-order valence-corrected chi connectivity index (χ0v) is 9.88. The van der Waals surface area contributed by atoms with Gasteiger partial charge in [0.25, 0.3) is 0 Å². The van der Waals surface area contributed by atoms with E-state index in [1.165, 1.54) is 19.3 Å². The lowest BCUT2D eigenvalue weighted by Gasteiger charge is -2.14. The molecule has 82 valence electrons. The van der Waals surface area contributed by atoms with Crippen LogP contribution in [-0.4, -0.2) is 5.78 Å². The molecule has 1 saturated carbocycles. The summed E-state index contributed by atoms with van der Waals surface area (Å²) in [6, 6.07) is 0. The second-order valence-electron chi connectivity index (χ2n) is 4.88. The van der Waals surface area contributed by atoms with Crippen LogP contribution in [0.25, 0.3) is 0 Å². The number of carbonyl (C=O) groups excluding carboxylic acids is 1. The molecule has 1 nitrogen and oxygen atoms in total. The predicted octanol–water partition coefficient (Wildman–Crippen LogP) is 3.82. The van der Waals surface area contributed by atoms with E-state index < -0.39 is 0 Å². The van der Waals surface area contributed by atoms with Gasteiger partial charge in [0.15, 0.2) is 0 Å². The molecular formula is C13H24O. The Morgan fingerprint density at radius 3 is 2.57 bits per heavy atom. The third-order valence-electron chi connectivity index (χ3n) is 3.73. The zero-order valence-electron chi connectivity index (χ0n) is 9.88. The molecule has 1 fully saturated rings. The molecule has 3 unspecified atom stereocenters. The van der Waals surface area contributed by atoms with E-state index in [2.05, 4.69) is 20.8 Å².